The summed E-state index contributed by atoms with van der Waals surface area (Å²) in [6.45, 7) is 13.4. The standard InChI is InChI=1S/C38H49NO5Si/c1-37(2,3)44-36(41)39-29-19-18-24-32(43-35(40)31-21-11-7-12-22-31)23-13-10-20-30-42-45(38(4,5)6,33-25-14-8-15-26-33)34-27-16-9-17-28-34/h7-9,11-12,14-17,21-22,25-28,32H,10,18-20,24,29-30H2,1-6H3,(H,39,41). The summed E-state index contributed by atoms with van der Waals surface area (Å²) < 4.78 is 18.1. The minimum atomic E-state index is -2.59. The van der Waals surface area contributed by atoms with E-state index in [-0.39, 0.29) is 5.04 Å². The molecule has 0 spiro atoms. The average Bonchev–Trinajstić information content (AvgIpc) is 3.00. The Labute approximate surface area is 271 Å². The number of unbranched alkanes of at least 4 members (excludes halogenated alkanes) is 2. The number of benzene rings is 3. The maximum absolute atomic E-state index is 12.8. The Morgan fingerprint density at radius 2 is 1.33 bits per heavy atom. The first-order valence-corrected chi connectivity index (χ1v) is 17.8. The molecular weight excluding hydrogens is 579 g/mol. The molecular formula is C38H49NO5Si. The van der Waals surface area contributed by atoms with Crippen molar-refractivity contribution in [1.82, 2.24) is 5.32 Å². The molecule has 45 heavy (non-hydrogen) atoms. The number of rotatable bonds is 13. The van der Waals surface area contributed by atoms with Gasteiger partial charge in [-0.25, -0.2) is 9.59 Å². The van der Waals surface area contributed by atoms with Gasteiger partial charge in [-0.1, -0.05) is 111 Å². The van der Waals surface area contributed by atoms with E-state index in [0.717, 1.165) is 12.8 Å². The SMILES string of the molecule is CC(C)(C)OC(=O)NCCCCC(C#CCCCO[Si](c1ccccc1)(c1ccccc1)C(C)(C)C)OC(=O)c1ccccc1. The van der Waals surface area contributed by atoms with Gasteiger partial charge in [-0.2, -0.15) is 0 Å². The molecule has 6 nitrogen and oxygen atoms in total. The molecule has 0 aliphatic carbocycles. The largest absolute Gasteiger partial charge is 0.446 e. The van der Waals surface area contributed by atoms with Crippen LogP contribution in [-0.4, -0.2) is 45.2 Å². The van der Waals surface area contributed by atoms with Gasteiger partial charge in [0.2, 0.25) is 0 Å². The Morgan fingerprint density at radius 3 is 1.87 bits per heavy atom. The van der Waals surface area contributed by atoms with Gasteiger partial charge in [0.25, 0.3) is 8.32 Å². The highest BCUT2D eigenvalue weighted by Crippen LogP contribution is 2.36. The molecule has 0 aliphatic heterocycles. The summed E-state index contributed by atoms with van der Waals surface area (Å²) in [7, 11) is -2.59. The maximum Gasteiger partial charge on any atom is 0.407 e. The number of hydrogen-bond acceptors (Lipinski definition) is 5. The van der Waals surface area contributed by atoms with Crippen LogP contribution < -0.4 is 15.7 Å². The average molecular weight is 628 g/mol. The van der Waals surface area contributed by atoms with Crippen LogP contribution in [0.15, 0.2) is 91.0 Å². The van der Waals surface area contributed by atoms with Crippen LogP contribution in [0.4, 0.5) is 4.79 Å². The Hall–Kier alpha value is -3.86. The van der Waals surface area contributed by atoms with Crippen LogP contribution in [0, 0.1) is 11.8 Å². The van der Waals surface area contributed by atoms with E-state index in [4.69, 9.17) is 13.9 Å². The van der Waals surface area contributed by atoms with Crippen molar-refractivity contribution < 1.29 is 23.5 Å². The molecule has 1 amide bonds. The van der Waals surface area contributed by atoms with Gasteiger partial charge < -0.3 is 19.2 Å². The zero-order valence-corrected chi connectivity index (χ0v) is 28.7. The summed E-state index contributed by atoms with van der Waals surface area (Å²) in [6.07, 6.45) is 2.42. The number of alkyl carbamates (subject to hydrolysis) is 1. The minimum Gasteiger partial charge on any atom is -0.446 e. The number of hydrogen-bond donors (Lipinski definition) is 1. The Morgan fingerprint density at radius 1 is 0.778 bits per heavy atom. The van der Waals surface area contributed by atoms with E-state index in [1.54, 1.807) is 12.1 Å². The van der Waals surface area contributed by atoms with Crippen molar-refractivity contribution in [2.75, 3.05) is 13.2 Å². The molecule has 0 radical (unpaired) electrons. The van der Waals surface area contributed by atoms with Crippen LogP contribution in [0.2, 0.25) is 5.04 Å². The molecule has 0 aromatic heterocycles. The van der Waals surface area contributed by atoms with Gasteiger partial charge in [0.05, 0.1) is 5.56 Å². The van der Waals surface area contributed by atoms with Crippen molar-refractivity contribution in [3.8, 4) is 11.8 Å². The van der Waals surface area contributed by atoms with Gasteiger partial charge in [-0.05, 0) is 74.0 Å². The van der Waals surface area contributed by atoms with E-state index in [2.05, 4.69) is 86.5 Å². The third-order valence-corrected chi connectivity index (χ3v) is 12.3. The molecule has 7 heteroatoms. The first-order chi connectivity index (χ1) is 21.4. The molecule has 240 valence electrons. The second-order valence-electron chi connectivity index (χ2n) is 13.1. The zero-order chi connectivity index (χ0) is 32.8. The Bertz CT molecular complexity index is 1350. The predicted octanol–water partition coefficient (Wildman–Crippen LogP) is 7.27. The number of ether oxygens (including phenoxy) is 2. The second-order valence-corrected chi connectivity index (χ2v) is 17.4. The summed E-state index contributed by atoms with van der Waals surface area (Å²) >= 11 is 0. The van der Waals surface area contributed by atoms with Crippen LogP contribution in [0.5, 0.6) is 0 Å². The van der Waals surface area contributed by atoms with Crippen molar-refractivity contribution >= 4 is 30.8 Å². The molecule has 1 unspecified atom stereocenters. The summed E-state index contributed by atoms with van der Waals surface area (Å²) in [5.74, 6) is 6.05. The Kier molecular flexibility index (Phi) is 13.5. The molecule has 0 bridgehead atoms. The molecule has 1 atom stereocenters. The number of esters is 1. The highest BCUT2D eigenvalue weighted by Gasteiger charge is 2.49. The summed E-state index contributed by atoms with van der Waals surface area (Å²) in [5.41, 5.74) is -0.0457. The molecule has 3 aromatic rings. The molecule has 3 aromatic carbocycles. The van der Waals surface area contributed by atoms with Gasteiger partial charge in [0.1, 0.15) is 5.60 Å². The highest BCUT2D eigenvalue weighted by atomic mass is 28.4. The topological polar surface area (TPSA) is 73.9 Å². The lowest BCUT2D eigenvalue weighted by Crippen LogP contribution is -2.66. The molecule has 0 heterocycles. The van der Waals surface area contributed by atoms with Gasteiger partial charge in [-0.3, -0.25) is 0 Å². The highest BCUT2D eigenvalue weighted by molar-refractivity contribution is 6.99. The van der Waals surface area contributed by atoms with Crippen molar-refractivity contribution in [2.24, 2.45) is 0 Å². The van der Waals surface area contributed by atoms with Crippen molar-refractivity contribution in [3.63, 3.8) is 0 Å². The first kappa shape index (κ1) is 35.6. The smallest absolute Gasteiger partial charge is 0.407 e. The zero-order valence-electron chi connectivity index (χ0n) is 27.7. The number of carbonyl (C=O) groups excluding carboxylic acids is 2. The van der Waals surface area contributed by atoms with Gasteiger partial charge in [0.15, 0.2) is 6.10 Å². The van der Waals surface area contributed by atoms with Crippen molar-refractivity contribution in [2.45, 2.75) is 90.4 Å². The molecule has 1 N–H and O–H groups in total. The fourth-order valence-corrected chi connectivity index (χ4v) is 9.83. The lowest BCUT2D eigenvalue weighted by molar-refractivity contribution is 0.0393. The second kappa shape index (κ2) is 17.0. The fourth-order valence-electron chi connectivity index (χ4n) is 5.22. The van der Waals surface area contributed by atoms with Gasteiger partial charge in [-0.15, -0.1) is 0 Å². The lowest BCUT2D eigenvalue weighted by Gasteiger charge is -2.43. The maximum atomic E-state index is 12.8. The van der Waals surface area contributed by atoms with E-state index in [0.29, 0.717) is 38.0 Å². The van der Waals surface area contributed by atoms with Gasteiger partial charge in [0, 0.05) is 19.6 Å². The monoisotopic (exact) mass is 627 g/mol. The fraction of sp³-hybridized carbons (Fsp3) is 0.421. The van der Waals surface area contributed by atoms with E-state index in [9.17, 15) is 9.59 Å². The van der Waals surface area contributed by atoms with E-state index in [1.807, 2.05) is 51.1 Å². The van der Waals surface area contributed by atoms with E-state index >= 15 is 0 Å². The van der Waals surface area contributed by atoms with Crippen molar-refractivity contribution in [1.29, 1.82) is 0 Å². The van der Waals surface area contributed by atoms with E-state index < -0.39 is 32.1 Å². The third kappa shape index (κ3) is 11.2. The number of nitrogens with one attached hydrogen (secondary N) is 1. The summed E-state index contributed by atoms with van der Waals surface area (Å²) in [4.78, 5) is 24.7. The minimum absolute atomic E-state index is 0.0868. The normalized spacial score (nSPS) is 12.4. The molecule has 3 rings (SSSR count). The summed E-state index contributed by atoms with van der Waals surface area (Å²) in [6, 6.07) is 30.2. The molecule has 0 saturated heterocycles. The van der Waals surface area contributed by atoms with Crippen molar-refractivity contribution in [3.05, 3.63) is 96.6 Å². The third-order valence-electron chi connectivity index (χ3n) is 7.26. The number of amides is 1. The number of carbonyl (C=O) groups is 2. The van der Waals surface area contributed by atoms with Crippen LogP contribution >= 0.6 is 0 Å². The Balaban J connectivity index is 1.63. The first-order valence-electron chi connectivity index (χ1n) is 15.9. The van der Waals surface area contributed by atoms with E-state index in [1.165, 1.54) is 10.4 Å². The lowest BCUT2D eigenvalue weighted by atomic mass is 10.1. The summed E-state index contributed by atoms with van der Waals surface area (Å²) in [5, 5.41) is 5.20. The van der Waals surface area contributed by atoms with Crippen LogP contribution in [0.25, 0.3) is 0 Å². The quantitative estimate of drug-likeness (QED) is 0.0934. The van der Waals surface area contributed by atoms with Crippen LogP contribution in [-0.2, 0) is 13.9 Å². The van der Waals surface area contributed by atoms with Crippen LogP contribution in [0.3, 0.4) is 0 Å². The van der Waals surface area contributed by atoms with Gasteiger partial charge >= 0.3 is 12.1 Å². The molecule has 0 aliphatic rings. The van der Waals surface area contributed by atoms with Crippen LogP contribution in [0.1, 0.15) is 84.0 Å². The molecule has 0 saturated carbocycles. The predicted molar refractivity (Wildman–Crippen MR) is 184 cm³/mol. The molecule has 0 fully saturated rings.